The number of guanidine groups is 1. The first-order valence-electron chi connectivity index (χ1n) is 8.03. The predicted molar refractivity (Wildman–Crippen MR) is 107 cm³/mol. The Bertz CT molecular complexity index is 568. The van der Waals surface area contributed by atoms with Gasteiger partial charge in [-0.15, -0.1) is 24.0 Å². The van der Waals surface area contributed by atoms with E-state index in [4.69, 9.17) is 10.7 Å². The topological polar surface area (TPSA) is 41.6 Å². The third kappa shape index (κ3) is 4.70. The number of rotatable bonds is 3. The molecule has 1 heterocycles. The molecule has 0 radical (unpaired) electrons. The van der Waals surface area contributed by atoms with Gasteiger partial charge in [0.05, 0.1) is 0 Å². The molecule has 0 amide bonds. The van der Waals surface area contributed by atoms with Crippen LogP contribution < -0.4 is 5.73 Å². The largest absolute Gasteiger partial charge is 0.370 e. The Morgan fingerprint density at radius 2 is 1.30 bits per heavy atom. The maximum atomic E-state index is 6.30. The highest BCUT2D eigenvalue weighted by molar-refractivity contribution is 14.0. The van der Waals surface area contributed by atoms with Crippen molar-refractivity contribution < 1.29 is 0 Å². The summed E-state index contributed by atoms with van der Waals surface area (Å²) >= 11 is 0. The molecule has 0 aliphatic carbocycles. The van der Waals surface area contributed by atoms with Crippen molar-refractivity contribution >= 4 is 29.9 Å². The van der Waals surface area contributed by atoms with Crippen LogP contribution in [0.25, 0.3) is 0 Å². The first-order chi connectivity index (χ1) is 10.8. The summed E-state index contributed by atoms with van der Waals surface area (Å²) in [7, 11) is 0. The zero-order valence-corrected chi connectivity index (χ0v) is 15.6. The van der Waals surface area contributed by atoms with Crippen molar-refractivity contribution in [3.63, 3.8) is 0 Å². The van der Waals surface area contributed by atoms with Gasteiger partial charge in [0.15, 0.2) is 5.96 Å². The van der Waals surface area contributed by atoms with E-state index in [-0.39, 0.29) is 30.0 Å². The number of benzene rings is 2. The molecule has 2 aromatic rings. The number of halogens is 1. The SMILES string of the molecule is I.NC(=NC(c1ccccc1)c1ccccc1)N1CCCCC1. The van der Waals surface area contributed by atoms with Crippen molar-refractivity contribution in [3.8, 4) is 0 Å². The van der Waals surface area contributed by atoms with E-state index < -0.39 is 0 Å². The first kappa shape index (κ1) is 17.8. The lowest BCUT2D eigenvalue weighted by molar-refractivity contribution is 0.337. The van der Waals surface area contributed by atoms with Gasteiger partial charge in [-0.3, -0.25) is 0 Å². The normalized spacial score (nSPS) is 15.3. The van der Waals surface area contributed by atoms with Gasteiger partial charge in [-0.2, -0.15) is 0 Å². The second kappa shape index (κ2) is 8.91. The number of likely N-dealkylation sites (tertiary alicyclic amines) is 1. The highest BCUT2D eigenvalue weighted by atomic mass is 127. The summed E-state index contributed by atoms with van der Waals surface area (Å²) in [6.07, 6.45) is 3.71. The molecule has 23 heavy (non-hydrogen) atoms. The van der Waals surface area contributed by atoms with E-state index in [9.17, 15) is 0 Å². The molecule has 1 fully saturated rings. The van der Waals surface area contributed by atoms with Crippen molar-refractivity contribution in [2.45, 2.75) is 25.3 Å². The van der Waals surface area contributed by atoms with Crippen LogP contribution in [0.1, 0.15) is 36.4 Å². The molecule has 3 rings (SSSR count). The maximum absolute atomic E-state index is 6.30. The van der Waals surface area contributed by atoms with Crippen molar-refractivity contribution in [3.05, 3.63) is 71.8 Å². The third-order valence-electron chi connectivity index (χ3n) is 4.17. The van der Waals surface area contributed by atoms with Crippen molar-refractivity contribution in [2.24, 2.45) is 10.7 Å². The van der Waals surface area contributed by atoms with Crippen LogP contribution in [0.3, 0.4) is 0 Å². The molecule has 0 saturated carbocycles. The standard InChI is InChI=1S/C19H23N3.HI/c20-19(22-14-8-3-9-15-22)21-18(16-10-4-1-5-11-16)17-12-6-2-7-13-17;/h1-2,4-7,10-13,18H,3,8-9,14-15H2,(H2,20,21);1H. The smallest absolute Gasteiger partial charge is 0.192 e. The van der Waals surface area contributed by atoms with Gasteiger partial charge < -0.3 is 10.6 Å². The van der Waals surface area contributed by atoms with Gasteiger partial charge >= 0.3 is 0 Å². The number of aliphatic imine (C=N–C) groups is 1. The van der Waals surface area contributed by atoms with Crippen molar-refractivity contribution in [1.82, 2.24) is 4.90 Å². The molecule has 0 spiro atoms. The Balaban J connectivity index is 0.00000192. The molecule has 1 aliphatic heterocycles. The molecule has 0 atom stereocenters. The van der Waals surface area contributed by atoms with Gasteiger partial charge in [0, 0.05) is 13.1 Å². The summed E-state index contributed by atoms with van der Waals surface area (Å²) in [6.45, 7) is 2.04. The molecule has 3 nitrogen and oxygen atoms in total. The van der Waals surface area contributed by atoms with Crippen LogP contribution >= 0.6 is 24.0 Å². The van der Waals surface area contributed by atoms with Crippen LogP contribution in [-0.4, -0.2) is 23.9 Å². The summed E-state index contributed by atoms with van der Waals surface area (Å²) in [6, 6.07) is 20.7. The van der Waals surface area contributed by atoms with E-state index in [1.807, 2.05) is 12.1 Å². The Morgan fingerprint density at radius 1 is 0.826 bits per heavy atom. The first-order valence-corrected chi connectivity index (χ1v) is 8.03. The number of nitrogens with two attached hydrogens (primary N) is 1. The Hall–Kier alpha value is -1.56. The van der Waals surface area contributed by atoms with Crippen molar-refractivity contribution in [2.75, 3.05) is 13.1 Å². The fraction of sp³-hybridized carbons (Fsp3) is 0.316. The van der Waals surface area contributed by atoms with Gasteiger partial charge in [-0.25, -0.2) is 4.99 Å². The van der Waals surface area contributed by atoms with E-state index >= 15 is 0 Å². The van der Waals surface area contributed by atoms with E-state index in [1.165, 1.54) is 30.4 Å². The zero-order valence-electron chi connectivity index (χ0n) is 13.3. The fourth-order valence-corrected chi connectivity index (χ4v) is 2.95. The lowest BCUT2D eigenvalue weighted by atomic mass is 9.99. The summed E-state index contributed by atoms with van der Waals surface area (Å²) in [4.78, 5) is 7.07. The molecule has 2 aromatic carbocycles. The van der Waals surface area contributed by atoms with Gasteiger partial charge in [0.2, 0.25) is 0 Å². The number of hydrogen-bond donors (Lipinski definition) is 1. The van der Waals surface area contributed by atoms with E-state index in [1.54, 1.807) is 0 Å². The minimum atomic E-state index is -0.0377. The van der Waals surface area contributed by atoms with E-state index in [0.717, 1.165) is 13.1 Å². The monoisotopic (exact) mass is 421 g/mol. The van der Waals surface area contributed by atoms with Crippen LogP contribution in [0.5, 0.6) is 0 Å². The molecule has 0 aromatic heterocycles. The Morgan fingerprint density at radius 3 is 1.78 bits per heavy atom. The summed E-state index contributed by atoms with van der Waals surface area (Å²) in [5, 5.41) is 0. The molecule has 0 unspecified atom stereocenters. The molecular weight excluding hydrogens is 397 g/mol. The number of nitrogens with zero attached hydrogens (tertiary/aromatic N) is 2. The predicted octanol–water partition coefficient (Wildman–Crippen LogP) is 4.19. The average molecular weight is 421 g/mol. The van der Waals surface area contributed by atoms with Crippen LogP contribution in [0, 0.1) is 0 Å². The van der Waals surface area contributed by atoms with Gasteiger partial charge in [0.1, 0.15) is 6.04 Å². The van der Waals surface area contributed by atoms with E-state index in [2.05, 4.69) is 53.4 Å². The van der Waals surface area contributed by atoms with Gasteiger partial charge in [-0.1, -0.05) is 60.7 Å². The molecule has 1 saturated heterocycles. The van der Waals surface area contributed by atoms with Crippen LogP contribution in [-0.2, 0) is 0 Å². The third-order valence-corrected chi connectivity index (χ3v) is 4.17. The molecule has 4 heteroatoms. The zero-order chi connectivity index (χ0) is 15.2. The summed E-state index contributed by atoms with van der Waals surface area (Å²) in [5.41, 5.74) is 8.65. The van der Waals surface area contributed by atoms with Gasteiger partial charge in [0.25, 0.3) is 0 Å². The average Bonchev–Trinajstić information content (AvgIpc) is 2.62. The minimum absolute atomic E-state index is 0. The second-order valence-corrected chi connectivity index (χ2v) is 5.76. The maximum Gasteiger partial charge on any atom is 0.192 e. The fourth-order valence-electron chi connectivity index (χ4n) is 2.95. The second-order valence-electron chi connectivity index (χ2n) is 5.76. The van der Waals surface area contributed by atoms with E-state index in [0.29, 0.717) is 5.96 Å². The van der Waals surface area contributed by atoms with Crippen LogP contribution in [0.4, 0.5) is 0 Å². The molecule has 122 valence electrons. The van der Waals surface area contributed by atoms with Gasteiger partial charge in [-0.05, 0) is 30.4 Å². The molecule has 0 bridgehead atoms. The molecule has 2 N–H and O–H groups in total. The Labute approximate surface area is 155 Å². The number of piperidine rings is 1. The lowest BCUT2D eigenvalue weighted by Crippen LogP contribution is -2.41. The summed E-state index contributed by atoms with van der Waals surface area (Å²) < 4.78 is 0. The van der Waals surface area contributed by atoms with Crippen LogP contribution in [0.2, 0.25) is 0 Å². The highest BCUT2D eigenvalue weighted by Crippen LogP contribution is 2.26. The Kier molecular flexibility index (Phi) is 6.89. The molecular formula is C19H24IN3. The van der Waals surface area contributed by atoms with Crippen molar-refractivity contribution in [1.29, 1.82) is 0 Å². The van der Waals surface area contributed by atoms with Crippen LogP contribution in [0.15, 0.2) is 65.7 Å². The molecule has 1 aliphatic rings. The minimum Gasteiger partial charge on any atom is -0.370 e. The highest BCUT2D eigenvalue weighted by Gasteiger charge is 2.17. The number of hydrogen-bond acceptors (Lipinski definition) is 1. The lowest BCUT2D eigenvalue weighted by Gasteiger charge is -2.28. The summed E-state index contributed by atoms with van der Waals surface area (Å²) in [5.74, 6) is 0.664. The quantitative estimate of drug-likeness (QED) is 0.459.